The summed E-state index contributed by atoms with van der Waals surface area (Å²) in [6.07, 6.45) is 2.53. The first-order valence-corrected chi connectivity index (χ1v) is 7.30. The lowest BCUT2D eigenvalue weighted by Gasteiger charge is -2.37. The normalized spacial score (nSPS) is 20.9. The van der Waals surface area contributed by atoms with Gasteiger partial charge in [-0.3, -0.25) is 4.90 Å². The quantitative estimate of drug-likeness (QED) is 0.828. The van der Waals surface area contributed by atoms with Gasteiger partial charge in [0.2, 0.25) is 0 Å². The molecule has 1 atom stereocenters. The van der Waals surface area contributed by atoms with Gasteiger partial charge in [-0.15, -0.1) is 0 Å². The molecule has 0 aliphatic carbocycles. The molecule has 0 saturated carbocycles. The van der Waals surface area contributed by atoms with Crippen molar-refractivity contribution in [1.82, 2.24) is 19.8 Å². The molecule has 20 heavy (non-hydrogen) atoms. The number of hydrogen-bond acceptors (Lipinski definition) is 6. The Morgan fingerprint density at radius 3 is 2.70 bits per heavy atom. The van der Waals surface area contributed by atoms with Crippen LogP contribution in [0.25, 0.3) is 0 Å². The zero-order chi connectivity index (χ0) is 14.5. The molecule has 6 nitrogen and oxygen atoms in total. The van der Waals surface area contributed by atoms with Crippen LogP contribution in [0.4, 0.5) is 11.6 Å². The van der Waals surface area contributed by atoms with Crippen molar-refractivity contribution in [3.8, 4) is 0 Å². The number of likely N-dealkylation sites (N-methyl/N-ethyl adjacent to an activating group) is 2. The van der Waals surface area contributed by atoms with Crippen LogP contribution in [-0.4, -0.2) is 73.1 Å². The van der Waals surface area contributed by atoms with Crippen LogP contribution < -0.4 is 10.6 Å². The van der Waals surface area contributed by atoms with E-state index in [1.807, 2.05) is 7.05 Å². The van der Waals surface area contributed by atoms with Crippen molar-refractivity contribution >= 4 is 11.6 Å². The molecule has 1 aromatic rings. The van der Waals surface area contributed by atoms with Gasteiger partial charge < -0.3 is 15.5 Å². The van der Waals surface area contributed by atoms with Crippen molar-refractivity contribution in [3.63, 3.8) is 0 Å². The number of nitrogens with zero attached hydrogens (tertiary/aromatic N) is 4. The van der Waals surface area contributed by atoms with Gasteiger partial charge in [0.05, 0.1) is 0 Å². The smallest absolute Gasteiger partial charge is 0.134 e. The second-order valence-corrected chi connectivity index (χ2v) is 5.43. The molecule has 2 rings (SSSR count). The lowest BCUT2D eigenvalue weighted by atomic mass is 10.1. The standard InChI is InChI=1S/C14H26N6/c1-5-12-13(15-2)17-10-18-14(12)16-8-11-9-19(3)6-7-20(11)4/h10-11H,5-9H2,1-4H3,(H2,15,16,17,18). The van der Waals surface area contributed by atoms with Crippen LogP contribution in [-0.2, 0) is 6.42 Å². The third-order valence-electron chi connectivity index (χ3n) is 4.02. The lowest BCUT2D eigenvalue weighted by molar-refractivity contribution is 0.122. The molecule has 6 heteroatoms. The van der Waals surface area contributed by atoms with Gasteiger partial charge in [0, 0.05) is 44.8 Å². The van der Waals surface area contributed by atoms with Crippen LogP contribution in [0.5, 0.6) is 0 Å². The Hall–Kier alpha value is -1.40. The summed E-state index contributed by atoms with van der Waals surface area (Å²) in [7, 11) is 6.27. The van der Waals surface area contributed by atoms with Gasteiger partial charge in [0.15, 0.2) is 0 Å². The summed E-state index contributed by atoms with van der Waals surface area (Å²) < 4.78 is 0. The summed E-state index contributed by atoms with van der Waals surface area (Å²) in [5, 5.41) is 6.63. The Bertz CT molecular complexity index is 436. The van der Waals surface area contributed by atoms with Gasteiger partial charge in [-0.2, -0.15) is 0 Å². The largest absolute Gasteiger partial charge is 0.373 e. The van der Waals surface area contributed by atoms with Crippen LogP contribution in [0.2, 0.25) is 0 Å². The van der Waals surface area contributed by atoms with Crippen molar-refractivity contribution in [1.29, 1.82) is 0 Å². The summed E-state index contributed by atoms with van der Waals surface area (Å²) in [5.41, 5.74) is 1.15. The van der Waals surface area contributed by atoms with Crippen molar-refractivity contribution in [2.75, 3.05) is 58.0 Å². The van der Waals surface area contributed by atoms with E-state index in [9.17, 15) is 0 Å². The third-order valence-corrected chi connectivity index (χ3v) is 4.02. The molecule has 2 heterocycles. The molecule has 0 spiro atoms. The molecule has 0 aromatic carbocycles. The summed E-state index contributed by atoms with van der Waals surface area (Å²) >= 11 is 0. The fourth-order valence-electron chi connectivity index (χ4n) is 2.65. The molecule has 1 aliphatic heterocycles. The molecule has 1 aromatic heterocycles. The van der Waals surface area contributed by atoms with E-state index in [-0.39, 0.29) is 0 Å². The summed E-state index contributed by atoms with van der Waals surface area (Å²) in [5.74, 6) is 1.87. The van der Waals surface area contributed by atoms with E-state index in [2.05, 4.69) is 51.4 Å². The van der Waals surface area contributed by atoms with E-state index in [4.69, 9.17) is 0 Å². The molecular weight excluding hydrogens is 252 g/mol. The summed E-state index contributed by atoms with van der Waals surface area (Å²) in [6.45, 7) is 6.40. The third kappa shape index (κ3) is 3.37. The minimum Gasteiger partial charge on any atom is -0.373 e. The number of anilines is 2. The molecule has 0 amide bonds. The topological polar surface area (TPSA) is 56.3 Å². The Balaban J connectivity index is 2.03. The summed E-state index contributed by atoms with van der Waals surface area (Å²) in [6, 6.07) is 0.520. The number of rotatable bonds is 5. The highest BCUT2D eigenvalue weighted by molar-refractivity contribution is 5.57. The molecule has 0 radical (unpaired) electrons. The van der Waals surface area contributed by atoms with Crippen LogP contribution >= 0.6 is 0 Å². The second kappa shape index (κ2) is 6.85. The Labute approximate surface area is 121 Å². The minimum atomic E-state index is 0.520. The van der Waals surface area contributed by atoms with Crippen molar-refractivity contribution in [2.24, 2.45) is 0 Å². The molecule has 112 valence electrons. The molecule has 1 unspecified atom stereocenters. The van der Waals surface area contributed by atoms with Gasteiger partial charge in [-0.25, -0.2) is 9.97 Å². The number of hydrogen-bond donors (Lipinski definition) is 2. The van der Waals surface area contributed by atoms with Crippen LogP contribution in [0, 0.1) is 0 Å². The average molecular weight is 278 g/mol. The predicted molar refractivity (Wildman–Crippen MR) is 83.4 cm³/mol. The molecule has 1 saturated heterocycles. The summed E-state index contributed by atoms with van der Waals surface area (Å²) in [4.78, 5) is 13.5. The zero-order valence-electron chi connectivity index (χ0n) is 13.0. The van der Waals surface area contributed by atoms with Gasteiger partial charge in [0.25, 0.3) is 0 Å². The molecule has 2 N–H and O–H groups in total. The molecule has 0 bridgehead atoms. The van der Waals surface area contributed by atoms with Crippen LogP contribution in [0.3, 0.4) is 0 Å². The highest BCUT2D eigenvalue weighted by Gasteiger charge is 2.22. The fourth-order valence-corrected chi connectivity index (χ4v) is 2.65. The fraction of sp³-hybridized carbons (Fsp3) is 0.714. The molecule has 1 aliphatic rings. The maximum absolute atomic E-state index is 4.39. The SMILES string of the molecule is CCc1c(NC)ncnc1NCC1CN(C)CCN1C. The number of piperazine rings is 1. The van der Waals surface area contributed by atoms with Crippen LogP contribution in [0.1, 0.15) is 12.5 Å². The van der Waals surface area contributed by atoms with Gasteiger partial charge in [-0.05, 0) is 20.5 Å². The van der Waals surface area contributed by atoms with E-state index < -0.39 is 0 Å². The first-order chi connectivity index (χ1) is 9.65. The van der Waals surface area contributed by atoms with Gasteiger partial charge in [0.1, 0.15) is 18.0 Å². The Morgan fingerprint density at radius 2 is 2.00 bits per heavy atom. The van der Waals surface area contributed by atoms with Gasteiger partial charge >= 0.3 is 0 Å². The lowest BCUT2D eigenvalue weighted by Crippen LogP contribution is -2.52. The molecular formula is C14H26N6. The predicted octanol–water partition coefficient (Wildman–Crippen LogP) is 0.738. The number of nitrogens with one attached hydrogen (secondary N) is 2. The van der Waals surface area contributed by atoms with Crippen molar-refractivity contribution in [2.45, 2.75) is 19.4 Å². The molecule has 1 fully saturated rings. The first-order valence-electron chi connectivity index (χ1n) is 7.30. The van der Waals surface area contributed by atoms with E-state index in [1.165, 1.54) is 0 Å². The monoisotopic (exact) mass is 278 g/mol. The van der Waals surface area contributed by atoms with Crippen molar-refractivity contribution < 1.29 is 0 Å². The minimum absolute atomic E-state index is 0.520. The van der Waals surface area contributed by atoms with Crippen molar-refractivity contribution in [3.05, 3.63) is 11.9 Å². The Kier molecular flexibility index (Phi) is 5.14. The van der Waals surface area contributed by atoms with E-state index >= 15 is 0 Å². The van der Waals surface area contributed by atoms with E-state index in [1.54, 1.807) is 6.33 Å². The Morgan fingerprint density at radius 1 is 1.25 bits per heavy atom. The second-order valence-electron chi connectivity index (χ2n) is 5.43. The number of aromatic nitrogens is 2. The van der Waals surface area contributed by atoms with E-state index in [0.29, 0.717) is 6.04 Å². The average Bonchev–Trinajstić information content (AvgIpc) is 2.47. The maximum atomic E-state index is 4.39. The van der Waals surface area contributed by atoms with E-state index in [0.717, 1.165) is 49.8 Å². The first kappa shape index (κ1) is 15.0. The van der Waals surface area contributed by atoms with Crippen LogP contribution in [0.15, 0.2) is 6.33 Å². The highest BCUT2D eigenvalue weighted by atomic mass is 15.3. The van der Waals surface area contributed by atoms with Gasteiger partial charge in [-0.1, -0.05) is 6.92 Å². The zero-order valence-corrected chi connectivity index (χ0v) is 13.0. The maximum Gasteiger partial charge on any atom is 0.134 e. The highest BCUT2D eigenvalue weighted by Crippen LogP contribution is 2.20.